The van der Waals surface area contributed by atoms with Crippen LogP contribution in [-0.2, 0) is 9.53 Å². The highest BCUT2D eigenvalue weighted by Crippen LogP contribution is 2.21. The molecule has 0 amide bonds. The van der Waals surface area contributed by atoms with Gasteiger partial charge in [0.25, 0.3) is 0 Å². The van der Waals surface area contributed by atoms with Crippen molar-refractivity contribution in [3.63, 3.8) is 0 Å². The lowest BCUT2D eigenvalue weighted by Gasteiger charge is -2.06. The Morgan fingerprint density at radius 2 is 1.81 bits per heavy atom. The average molecular weight is 283 g/mol. The van der Waals surface area contributed by atoms with Gasteiger partial charge in [-0.15, -0.1) is 0 Å². The number of nitrogens with zero attached hydrogens (tertiary/aromatic N) is 1. The first-order valence-corrected chi connectivity index (χ1v) is 6.68. The van der Waals surface area contributed by atoms with E-state index in [0.29, 0.717) is 12.2 Å². The van der Waals surface area contributed by atoms with Crippen molar-refractivity contribution in [3.05, 3.63) is 59.9 Å². The molecule has 0 unspecified atom stereocenters. The summed E-state index contributed by atoms with van der Waals surface area (Å²) in [6, 6.07) is 11.1. The zero-order chi connectivity index (χ0) is 15.1. The van der Waals surface area contributed by atoms with Crippen LogP contribution in [0.2, 0.25) is 0 Å². The van der Waals surface area contributed by atoms with Gasteiger partial charge < -0.3 is 9.47 Å². The highest BCUT2D eigenvalue weighted by atomic mass is 16.5. The molecule has 1 heterocycles. The van der Waals surface area contributed by atoms with E-state index in [0.717, 1.165) is 16.9 Å². The third-order valence-electron chi connectivity index (χ3n) is 2.90. The van der Waals surface area contributed by atoms with Crippen LogP contribution in [0.3, 0.4) is 0 Å². The molecule has 0 N–H and O–H groups in total. The monoisotopic (exact) mass is 283 g/mol. The van der Waals surface area contributed by atoms with E-state index in [1.807, 2.05) is 31.2 Å². The van der Waals surface area contributed by atoms with Crippen LogP contribution in [0.5, 0.6) is 5.75 Å². The lowest BCUT2D eigenvalue weighted by molar-refractivity contribution is -0.133. The van der Waals surface area contributed by atoms with Crippen LogP contribution in [0, 0.1) is 0 Å². The first-order chi connectivity index (χ1) is 10.2. The summed E-state index contributed by atoms with van der Waals surface area (Å²) in [7, 11) is 1.37. The predicted molar refractivity (Wildman–Crippen MR) is 81.7 cm³/mol. The zero-order valence-corrected chi connectivity index (χ0v) is 12.1. The van der Waals surface area contributed by atoms with Gasteiger partial charge in [-0.25, -0.2) is 4.79 Å². The van der Waals surface area contributed by atoms with E-state index in [2.05, 4.69) is 4.98 Å². The Morgan fingerprint density at radius 3 is 2.38 bits per heavy atom. The van der Waals surface area contributed by atoms with Crippen LogP contribution in [0.1, 0.15) is 18.1 Å². The molecular formula is C17H17NO3. The Balaban J connectivity index is 2.34. The topological polar surface area (TPSA) is 48.4 Å². The number of methoxy groups -OCH3 is 1. The summed E-state index contributed by atoms with van der Waals surface area (Å²) in [4.78, 5) is 15.9. The maximum absolute atomic E-state index is 12.0. The summed E-state index contributed by atoms with van der Waals surface area (Å²) in [5.74, 6) is 0.424. The summed E-state index contributed by atoms with van der Waals surface area (Å²) in [5, 5.41) is 0. The largest absolute Gasteiger partial charge is 0.494 e. The van der Waals surface area contributed by atoms with Crippen LogP contribution in [-0.4, -0.2) is 24.7 Å². The molecule has 0 radical (unpaired) electrons. The molecule has 4 heteroatoms. The molecule has 108 valence electrons. The fourth-order valence-electron chi connectivity index (χ4n) is 1.90. The molecule has 0 spiro atoms. The van der Waals surface area contributed by atoms with E-state index in [-0.39, 0.29) is 5.97 Å². The van der Waals surface area contributed by atoms with Gasteiger partial charge in [-0.2, -0.15) is 0 Å². The number of aromatic nitrogens is 1. The summed E-state index contributed by atoms with van der Waals surface area (Å²) in [6.07, 6.45) is 5.07. The molecule has 0 aliphatic heterocycles. The second-order valence-electron chi connectivity index (χ2n) is 4.29. The van der Waals surface area contributed by atoms with Crippen molar-refractivity contribution < 1.29 is 14.3 Å². The fraction of sp³-hybridized carbons (Fsp3) is 0.176. The lowest BCUT2D eigenvalue weighted by atomic mass is 10.0. The molecule has 1 aromatic heterocycles. The molecule has 2 aromatic rings. The standard InChI is InChI=1S/C17H17NO3/c1-3-21-15-6-4-13(5-7-15)12-16(17(19)20-2)14-8-10-18-11-9-14/h4-12H,3H2,1-2H3. The number of hydrogen-bond acceptors (Lipinski definition) is 4. The van der Waals surface area contributed by atoms with Gasteiger partial charge in [0.2, 0.25) is 0 Å². The van der Waals surface area contributed by atoms with E-state index in [4.69, 9.17) is 9.47 Å². The normalized spacial score (nSPS) is 11.0. The molecule has 0 atom stereocenters. The molecular weight excluding hydrogens is 266 g/mol. The van der Waals surface area contributed by atoms with Gasteiger partial charge in [0, 0.05) is 12.4 Å². The minimum absolute atomic E-state index is 0.380. The molecule has 1 aromatic carbocycles. The second-order valence-corrected chi connectivity index (χ2v) is 4.29. The van der Waals surface area contributed by atoms with Crippen LogP contribution >= 0.6 is 0 Å². The zero-order valence-electron chi connectivity index (χ0n) is 12.1. The summed E-state index contributed by atoms with van der Waals surface area (Å²) >= 11 is 0. The van der Waals surface area contributed by atoms with E-state index in [9.17, 15) is 4.79 Å². The predicted octanol–water partition coefficient (Wildman–Crippen LogP) is 3.19. The number of pyridine rings is 1. The van der Waals surface area contributed by atoms with Crippen molar-refractivity contribution >= 4 is 17.6 Å². The Labute approximate surface area is 124 Å². The maximum Gasteiger partial charge on any atom is 0.338 e. The Hall–Kier alpha value is -2.62. The third kappa shape index (κ3) is 3.92. The number of rotatable bonds is 5. The van der Waals surface area contributed by atoms with Gasteiger partial charge in [-0.3, -0.25) is 4.98 Å². The van der Waals surface area contributed by atoms with Crippen molar-refractivity contribution in [1.29, 1.82) is 0 Å². The first-order valence-electron chi connectivity index (χ1n) is 6.68. The SMILES string of the molecule is CCOc1ccc(C=C(C(=O)OC)c2ccncc2)cc1. The Bertz CT molecular complexity index is 618. The first kappa shape index (κ1) is 14.8. The number of esters is 1. The molecule has 0 saturated carbocycles. The number of carbonyl (C=O) groups is 1. The van der Waals surface area contributed by atoms with Gasteiger partial charge in [0.15, 0.2) is 0 Å². The second kappa shape index (κ2) is 7.24. The fourth-order valence-corrected chi connectivity index (χ4v) is 1.90. The quantitative estimate of drug-likeness (QED) is 0.624. The van der Waals surface area contributed by atoms with Crippen LogP contribution in [0.25, 0.3) is 11.6 Å². The van der Waals surface area contributed by atoms with Crippen molar-refractivity contribution in [2.24, 2.45) is 0 Å². The Kier molecular flexibility index (Phi) is 5.10. The molecule has 21 heavy (non-hydrogen) atoms. The van der Waals surface area contributed by atoms with Crippen molar-refractivity contribution in [3.8, 4) is 5.75 Å². The lowest BCUT2D eigenvalue weighted by Crippen LogP contribution is -2.03. The summed E-state index contributed by atoms with van der Waals surface area (Å²) < 4.78 is 10.2. The van der Waals surface area contributed by atoms with Crippen LogP contribution < -0.4 is 4.74 Å². The molecule has 0 bridgehead atoms. The van der Waals surface area contributed by atoms with Gasteiger partial charge in [-0.1, -0.05) is 12.1 Å². The smallest absolute Gasteiger partial charge is 0.338 e. The van der Waals surface area contributed by atoms with Crippen LogP contribution in [0.15, 0.2) is 48.8 Å². The van der Waals surface area contributed by atoms with Gasteiger partial charge in [0.1, 0.15) is 5.75 Å². The summed E-state index contributed by atoms with van der Waals surface area (Å²) in [5.41, 5.74) is 2.16. The van der Waals surface area contributed by atoms with Gasteiger partial charge >= 0.3 is 5.97 Å². The third-order valence-corrected chi connectivity index (χ3v) is 2.90. The molecule has 0 saturated heterocycles. The van der Waals surface area contributed by atoms with Crippen molar-refractivity contribution in [2.75, 3.05) is 13.7 Å². The van der Waals surface area contributed by atoms with E-state index < -0.39 is 0 Å². The summed E-state index contributed by atoms with van der Waals surface area (Å²) in [6.45, 7) is 2.56. The van der Waals surface area contributed by atoms with E-state index in [1.54, 1.807) is 30.6 Å². The molecule has 0 aliphatic carbocycles. The molecule has 0 aliphatic rings. The van der Waals surface area contributed by atoms with Gasteiger partial charge in [0.05, 0.1) is 19.3 Å². The minimum Gasteiger partial charge on any atom is -0.494 e. The van der Waals surface area contributed by atoms with Crippen LogP contribution in [0.4, 0.5) is 0 Å². The number of ether oxygens (including phenoxy) is 2. The van der Waals surface area contributed by atoms with E-state index in [1.165, 1.54) is 7.11 Å². The highest BCUT2D eigenvalue weighted by Gasteiger charge is 2.12. The van der Waals surface area contributed by atoms with E-state index >= 15 is 0 Å². The average Bonchev–Trinajstić information content (AvgIpc) is 2.54. The molecule has 2 rings (SSSR count). The minimum atomic E-state index is -0.380. The van der Waals surface area contributed by atoms with Gasteiger partial charge in [-0.05, 0) is 48.4 Å². The van der Waals surface area contributed by atoms with Crippen molar-refractivity contribution in [1.82, 2.24) is 4.98 Å². The van der Waals surface area contributed by atoms with Crippen molar-refractivity contribution in [2.45, 2.75) is 6.92 Å². The maximum atomic E-state index is 12.0. The Morgan fingerprint density at radius 1 is 1.14 bits per heavy atom. The number of carbonyl (C=O) groups excluding carboxylic acids is 1. The molecule has 4 nitrogen and oxygen atoms in total. The number of hydrogen-bond donors (Lipinski definition) is 0. The highest BCUT2D eigenvalue weighted by molar-refractivity contribution is 6.21. The molecule has 0 fully saturated rings. The number of benzene rings is 1.